The number of anilines is 1. The van der Waals surface area contributed by atoms with Crippen LogP contribution in [0.2, 0.25) is 0 Å². The molecule has 204 valence electrons. The molecule has 4 rings (SSSR count). The van der Waals surface area contributed by atoms with Crippen molar-refractivity contribution in [2.24, 2.45) is 7.05 Å². The van der Waals surface area contributed by atoms with Gasteiger partial charge in [-0.05, 0) is 36.4 Å². The molecule has 0 saturated heterocycles. The number of oxazole rings is 1. The van der Waals surface area contributed by atoms with Crippen molar-refractivity contribution >= 4 is 28.8 Å². The number of fused-ring (bicyclic) bond motifs is 1. The minimum Gasteiger partial charge on any atom is -0.490 e. The van der Waals surface area contributed by atoms with E-state index in [1.54, 1.807) is 30.3 Å². The quantitative estimate of drug-likeness (QED) is 0.212. The van der Waals surface area contributed by atoms with Crippen LogP contribution in [0.25, 0.3) is 22.7 Å². The average molecular weight is 539 g/mol. The fourth-order valence-electron chi connectivity index (χ4n) is 3.30. The molecular formula is C25H26N6O8. The lowest BCUT2D eigenvalue weighted by Gasteiger charge is -2.08. The number of ether oxygens (including phenoxy) is 3. The van der Waals surface area contributed by atoms with Crippen molar-refractivity contribution in [3.05, 3.63) is 64.7 Å². The summed E-state index contributed by atoms with van der Waals surface area (Å²) in [5.41, 5.74) is 1.88. The predicted octanol–water partition coefficient (Wildman–Crippen LogP) is 1.92. The maximum absolute atomic E-state index is 12.7. The van der Waals surface area contributed by atoms with E-state index in [9.17, 15) is 14.4 Å². The molecule has 0 spiro atoms. The molecule has 14 heteroatoms. The number of rotatable bonds is 13. The van der Waals surface area contributed by atoms with Crippen LogP contribution in [0, 0.1) is 0 Å². The molecule has 0 aliphatic rings. The van der Waals surface area contributed by atoms with Gasteiger partial charge in [0.05, 0.1) is 32.6 Å². The zero-order valence-corrected chi connectivity index (χ0v) is 21.0. The second-order valence-corrected chi connectivity index (χ2v) is 8.02. The van der Waals surface area contributed by atoms with Gasteiger partial charge >= 0.3 is 6.09 Å². The minimum absolute atomic E-state index is 0.198. The van der Waals surface area contributed by atoms with Gasteiger partial charge in [-0.25, -0.2) is 19.4 Å². The Morgan fingerprint density at radius 2 is 1.82 bits per heavy atom. The van der Waals surface area contributed by atoms with Crippen LogP contribution in [0.4, 0.5) is 10.5 Å². The lowest BCUT2D eigenvalue weighted by Crippen LogP contribution is -2.25. The molecule has 0 fully saturated rings. The van der Waals surface area contributed by atoms with Gasteiger partial charge in [0.15, 0.2) is 5.58 Å². The Morgan fingerprint density at radius 3 is 2.56 bits per heavy atom. The summed E-state index contributed by atoms with van der Waals surface area (Å²) in [7, 11) is 1.54. The van der Waals surface area contributed by atoms with E-state index in [2.05, 4.69) is 25.7 Å². The molecule has 39 heavy (non-hydrogen) atoms. The fraction of sp³-hybridized carbons (Fsp3) is 0.280. The Bertz CT molecular complexity index is 1480. The van der Waals surface area contributed by atoms with Crippen LogP contribution in [0.15, 0.2) is 57.9 Å². The topological polar surface area (TPSA) is 180 Å². The summed E-state index contributed by atoms with van der Waals surface area (Å²) in [5.74, 6) is 0.326. The van der Waals surface area contributed by atoms with Gasteiger partial charge in [-0.15, -0.1) is 0 Å². The maximum Gasteiger partial charge on any atom is 0.404 e. The molecule has 0 aliphatic heterocycles. The van der Waals surface area contributed by atoms with E-state index in [4.69, 9.17) is 23.7 Å². The van der Waals surface area contributed by atoms with Crippen LogP contribution >= 0.6 is 0 Å². The van der Waals surface area contributed by atoms with E-state index < -0.39 is 12.0 Å². The summed E-state index contributed by atoms with van der Waals surface area (Å²) in [4.78, 5) is 43.1. The zero-order valence-electron chi connectivity index (χ0n) is 21.0. The van der Waals surface area contributed by atoms with Crippen LogP contribution in [-0.4, -0.2) is 76.4 Å². The highest BCUT2D eigenvalue weighted by Crippen LogP contribution is 2.25. The first-order valence-electron chi connectivity index (χ1n) is 11.9. The Labute approximate surface area is 221 Å². The first kappa shape index (κ1) is 27.2. The molecule has 0 bridgehead atoms. The standard InChI is InChI=1S/C25H26N6O8/c1-31-22(32)7-5-19(30-31)24-29-20-14-16(2-6-21(20)39-24)28-23(33)18-4-3-17(15-27-18)38-13-12-37-11-10-36-9-8-26-25(34)35/h2-7,14-15,26H,8-13H2,1H3,(H,28,33)(H,34,35). The van der Waals surface area contributed by atoms with Crippen molar-refractivity contribution in [1.82, 2.24) is 25.1 Å². The summed E-state index contributed by atoms with van der Waals surface area (Å²) in [6, 6.07) is 11.1. The van der Waals surface area contributed by atoms with E-state index in [1.165, 1.54) is 30.1 Å². The monoisotopic (exact) mass is 538 g/mol. The molecule has 14 nitrogen and oxygen atoms in total. The number of carbonyl (C=O) groups excluding carboxylic acids is 1. The van der Waals surface area contributed by atoms with Crippen molar-refractivity contribution < 1.29 is 33.3 Å². The minimum atomic E-state index is -1.09. The third kappa shape index (κ3) is 7.83. The van der Waals surface area contributed by atoms with Crippen LogP contribution in [-0.2, 0) is 16.5 Å². The van der Waals surface area contributed by atoms with Gasteiger partial charge in [0, 0.05) is 25.3 Å². The molecule has 0 aliphatic carbocycles. The summed E-state index contributed by atoms with van der Waals surface area (Å²) in [6.45, 7) is 1.77. The van der Waals surface area contributed by atoms with E-state index in [1.807, 2.05) is 0 Å². The van der Waals surface area contributed by atoms with Gasteiger partial charge in [0.25, 0.3) is 11.5 Å². The Hall–Kier alpha value is -4.82. The van der Waals surface area contributed by atoms with Crippen LogP contribution in [0.1, 0.15) is 10.5 Å². The van der Waals surface area contributed by atoms with Gasteiger partial charge in [0.1, 0.15) is 29.3 Å². The van der Waals surface area contributed by atoms with Gasteiger partial charge < -0.3 is 34.4 Å². The third-order valence-electron chi connectivity index (χ3n) is 5.19. The van der Waals surface area contributed by atoms with Crippen molar-refractivity contribution in [1.29, 1.82) is 0 Å². The number of nitrogens with zero attached hydrogens (tertiary/aromatic N) is 4. The molecule has 2 amide bonds. The van der Waals surface area contributed by atoms with Crippen molar-refractivity contribution in [3.63, 3.8) is 0 Å². The predicted molar refractivity (Wildman–Crippen MR) is 138 cm³/mol. The average Bonchev–Trinajstić information content (AvgIpc) is 3.35. The fourth-order valence-corrected chi connectivity index (χ4v) is 3.30. The molecule has 0 atom stereocenters. The molecular weight excluding hydrogens is 512 g/mol. The summed E-state index contributed by atoms with van der Waals surface area (Å²) in [6.07, 6.45) is 0.355. The number of pyridine rings is 1. The molecule has 0 saturated carbocycles. The summed E-state index contributed by atoms with van der Waals surface area (Å²) >= 11 is 0. The van der Waals surface area contributed by atoms with Gasteiger partial charge in [0.2, 0.25) is 5.89 Å². The first-order chi connectivity index (χ1) is 18.9. The normalized spacial score (nSPS) is 10.9. The second-order valence-electron chi connectivity index (χ2n) is 8.02. The number of aromatic nitrogens is 4. The SMILES string of the molecule is Cn1nc(-c2nc3cc(NC(=O)c4ccc(OCCOCCOCCNC(=O)O)cn4)ccc3o2)ccc1=O. The van der Waals surface area contributed by atoms with Crippen molar-refractivity contribution in [3.8, 4) is 17.3 Å². The third-order valence-corrected chi connectivity index (χ3v) is 5.19. The molecule has 4 aromatic rings. The molecule has 3 heterocycles. The highest BCUT2D eigenvalue weighted by Gasteiger charge is 2.13. The number of nitrogens with one attached hydrogen (secondary N) is 2. The van der Waals surface area contributed by atoms with E-state index in [-0.39, 0.29) is 36.9 Å². The van der Waals surface area contributed by atoms with Crippen LogP contribution in [0.3, 0.4) is 0 Å². The van der Waals surface area contributed by atoms with Gasteiger partial charge in [-0.2, -0.15) is 5.10 Å². The molecule has 0 unspecified atom stereocenters. The highest BCUT2D eigenvalue weighted by atomic mass is 16.5. The Balaban J connectivity index is 1.22. The number of benzene rings is 1. The highest BCUT2D eigenvalue weighted by molar-refractivity contribution is 6.03. The maximum atomic E-state index is 12.7. The van der Waals surface area contributed by atoms with Gasteiger partial charge in [-0.1, -0.05) is 0 Å². The number of aryl methyl sites for hydroxylation is 1. The number of hydrogen-bond donors (Lipinski definition) is 3. The van der Waals surface area contributed by atoms with Gasteiger partial charge in [-0.3, -0.25) is 9.59 Å². The van der Waals surface area contributed by atoms with Crippen LogP contribution in [0.5, 0.6) is 5.75 Å². The number of hydrogen-bond acceptors (Lipinski definition) is 10. The Kier molecular flexibility index (Phi) is 9.16. The first-order valence-corrected chi connectivity index (χ1v) is 11.9. The van der Waals surface area contributed by atoms with E-state index >= 15 is 0 Å². The lowest BCUT2D eigenvalue weighted by molar-refractivity contribution is 0.0373. The number of amides is 2. The summed E-state index contributed by atoms with van der Waals surface area (Å²) < 4.78 is 23.1. The second kappa shape index (κ2) is 13.1. The van der Waals surface area contributed by atoms with Crippen LogP contribution < -0.4 is 20.9 Å². The zero-order chi connectivity index (χ0) is 27.6. The largest absolute Gasteiger partial charge is 0.490 e. The van der Waals surface area contributed by atoms with Crippen molar-refractivity contribution in [2.75, 3.05) is 44.9 Å². The molecule has 0 radical (unpaired) electrons. The number of carbonyl (C=O) groups is 2. The van der Waals surface area contributed by atoms with E-state index in [0.717, 1.165) is 0 Å². The Morgan fingerprint density at radius 1 is 1.03 bits per heavy atom. The molecule has 3 N–H and O–H groups in total. The lowest BCUT2D eigenvalue weighted by atomic mass is 10.2. The smallest absolute Gasteiger partial charge is 0.404 e. The number of carboxylic acid groups (broad SMARTS) is 1. The molecule has 1 aromatic carbocycles. The van der Waals surface area contributed by atoms with Crippen molar-refractivity contribution in [2.45, 2.75) is 0 Å². The van der Waals surface area contributed by atoms with E-state index in [0.29, 0.717) is 48.1 Å². The molecule has 3 aromatic heterocycles. The summed E-state index contributed by atoms with van der Waals surface area (Å²) in [5, 5.41) is 17.5.